The fourth-order valence-corrected chi connectivity index (χ4v) is 2.30. The lowest BCUT2D eigenvalue weighted by atomic mass is 10.0. The van der Waals surface area contributed by atoms with Crippen LogP contribution in [-0.4, -0.2) is 45.6 Å². The van der Waals surface area contributed by atoms with Gasteiger partial charge in [-0.3, -0.25) is 4.21 Å². The van der Waals surface area contributed by atoms with E-state index in [9.17, 15) is 8.76 Å². The molecule has 0 aromatic carbocycles. The summed E-state index contributed by atoms with van der Waals surface area (Å²) in [5, 5.41) is 0. The molecule has 2 N–H and O–H groups in total. The zero-order valence-electron chi connectivity index (χ0n) is 8.48. The molecule has 0 amide bonds. The van der Waals surface area contributed by atoms with Gasteiger partial charge in [0.05, 0.1) is 0 Å². The molecule has 0 radical (unpaired) electrons. The molecule has 1 fully saturated rings. The number of hydrogen-bond donors (Lipinski definition) is 1. The van der Waals surface area contributed by atoms with Crippen molar-refractivity contribution in [3.63, 3.8) is 0 Å². The van der Waals surface area contributed by atoms with E-state index in [0.29, 0.717) is 12.5 Å². The van der Waals surface area contributed by atoms with Crippen molar-refractivity contribution in [2.45, 2.75) is 19.3 Å². The highest BCUT2D eigenvalue weighted by Gasteiger charge is 2.15. The normalized spacial score (nSPS) is 27.1. The largest absolute Gasteiger partial charge is 0.772 e. The van der Waals surface area contributed by atoms with Crippen LogP contribution in [-0.2, 0) is 11.1 Å². The molecular formula is C9H19N2O2S-. The van der Waals surface area contributed by atoms with Crippen molar-refractivity contribution in [3.8, 4) is 0 Å². The van der Waals surface area contributed by atoms with Crippen LogP contribution >= 0.6 is 0 Å². The lowest BCUT2D eigenvalue weighted by Crippen LogP contribution is -2.29. The molecular weight excluding hydrogens is 200 g/mol. The molecule has 1 rings (SSSR count). The van der Waals surface area contributed by atoms with Crippen molar-refractivity contribution < 1.29 is 8.76 Å². The Balaban J connectivity index is 2.23. The first-order chi connectivity index (χ1) is 6.72. The van der Waals surface area contributed by atoms with E-state index in [1.807, 2.05) is 0 Å². The summed E-state index contributed by atoms with van der Waals surface area (Å²) < 4.78 is 20.8. The second kappa shape index (κ2) is 6.50. The Labute approximate surface area is 88.1 Å². The maximum Gasteiger partial charge on any atom is 0.0229 e. The van der Waals surface area contributed by atoms with Crippen molar-refractivity contribution >= 4 is 11.1 Å². The summed E-state index contributed by atoms with van der Waals surface area (Å²) >= 11 is -1.90. The van der Waals surface area contributed by atoms with Crippen LogP contribution < -0.4 is 5.73 Å². The third-order valence-corrected chi connectivity index (χ3v) is 3.36. The van der Waals surface area contributed by atoms with E-state index >= 15 is 0 Å². The van der Waals surface area contributed by atoms with Crippen LogP contribution in [0.1, 0.15) is 19.3 Å². The molecule has 84 valence electrons. The molecule has 1 saturated heterocycles. The van der Waals surface area contributed by atoms with Crippen LogP contribution in [0.25, 0.3) is 0 Å². The molecule has 0 spiro atoms. The van der Waals surface area contributed by atoms with E-state index < -0.39 is 11.1 Å². The summed E-state index contributed by atoms with van der Waals surface area (Å²) in [4.78, 5) is 2.23. The van der Waals surface area contributed by atoms with Gasteiger partial charge in [0.2, 0.25) is 0 Å². The Hall–Kier alpha value is 0.0300. The van der Waals surface area contributed by atoms with Crippen LogP contribution in [0.3, 0.4) is 0 Å². The Morgan fingerprint density at radius 3 is 2.86 bits per heavy atom. The number of likely N-dealkylation sites (tertiary alicyclic amines) is 1. The zero-order chi connectivity index (χ0) is 10.4. The van der Waals surface area contributed by atoms with E-state index in [1.54, 1.807) is 0 Å². The minimum atomic E-state index is -1.90. The SMILES string of the molecule is NCC1CCCN(CCS(=O)[O-])CC1. The van der Waals surface area contributed by atoms with Gasteiger partial charge in [-0.1, -0.05) is 11.1 Å². The molecule has 0 aromatic rings. The maximum absolute atomic E-state index is 10.4. The number of hydrogen-bond acceptors (Lipinski definition) is 4. The summed E-state index contributed by atoms with van der Waals surface area (Å²) in [6.07, 6.45) is 3.45. The molecule has 4 nitrogen and oxygen atoms in total. The predicted molar refractivity (Wildman–Crippen MR) is 56.6 cm³/mol. The third-order valence-electron chi connectivity index (χ3n) is 2.85. The molecule has 0 saturated carbocycles. The Kier molecular flexibility index (Phi) is 5.62. The zero-order valence-corrected chi connectivity index (χ0v) is 9.30. The molecule has 0 aromatic heterocycles. The van der Waals surface area contributed by atoms with Gasteiger partial charge >= 0.3 is 0 Å². The van der Waals surface area contributed by atoms with Gasteiger partial charge in [-0.15, -0.1) is 0 Å². The van der Waals surface area contributed by atoms with Gasteiger partial charge in [-0.2, -0.15) is 0 Å². The molecule has 2 unspecified atom stereocenters. The average molecular weight is 219 g/mol. The van der Waals surface area contributed by atoms with Crippen LogP contribution in [0.2, 0.25) is 0 Å². The Morgan fingerprint density at radius 2 is 2.21 bits per heavy atom. The van der Waals surface area contributed by atoms with E-state index in [-0.39, 0.29) is 5.75 Å². The topological polar surface area (TPSA) is 69.4 Å². The van der Waals surface area contributed by atoms with Crippen LogP contribution in [0, 0.1) is 5.92 Å². The maximum atomic E-state index is 10.4. The number of rotatable bonds is 4. The number of nitrogens with two attached hydrogens (primary N) is 1. The van der Waals surface area contributed by atoms with Crippen molar-refractivity contribution in [2.24, 2.45) is 11.7 Å². The highest BCUT2D eigenvalue weighted by atomic mass is 32.2. The molecule has 1 heterocycles. The molecule has 1 aliphatic rings. The Morgan fingerprint density at radius 1 is 1.43 bits per heavy atom. The lowest BCUT2D eigenvalue weighted by molar-refractivity contribution is 0.296. The summed E-state index contributed by atoms with van der Waals surface area (Å²) in [7, 11) is 0. The second-order valence-electron chi connectivity index (χ2n) is 3.88. The van der Waals surface area contributed by atoms with E-state index in [1.165, 1.54) is 6.42 Å². The molecule has 5 heteroatoms. The highest BCUT2D eigenvalue weighted by molar-refractivity contribution is 7.79. The van der Waals surface area contributed by atoms with Gasteiger partial charge in [-0.25, -0.2) is 0 Å². The van der Waals surface area contributed by atoms with Gasteiger partial charge in [0.1, 0.15) is 0 Å². The van der Waals surface area contributed by atoms with Gasteiger partial charge in [-0.05, 0) is 44.8 Å². The van der Waals surface area contributed by atoms with E-state index in [0.717, 1.165) is 32.5 Å². The fourth-order valence-electron chi connectivity index (χ4n) is 1.89. The van der Waals surface area contributed by atoms with Crippen molar-refractivity contribution in [1.29, 1.82) is 0 Å². The predicted octanol–water partition coefficient (Wildman–Crippen LogP) is -0.0737. The lowest BCUT2D eigenvalue weighted by Gasteiger charge is -2.20. The van der Waals surface area contributed by atoms with Crippen molar-refractivity contribution in [2.75, 3.05) is 31.9 Å². The second-order valence-corrected chi connectivity index (χ2v) is 4.90. The minimum Gasteiger partial charge on any atom is -0.772 e. The first kappa shape index (κ1) is 12.1. The monoisotopic (exact) mass is 219 g/mol. The quantitative estimate of drug-likeness (QED) is 0.672. The summed E-state index contributed by atoms with van der Waals surface area (Å²) in [5.41, 5.74) is 5.62. The summed E-state index contributed by atoms with van der Waals surface area (Å²) in [6.45, 7) is 3.46. The first-order valence-electron chi connectivity index (χ1n) is 5.20. The van der Waals surface area contributed by atoms with Crippen LogP contribution in [0.5, 0.6) is 0 Å². The Bertz CT molecular complexity index is 190. The average Bonchev–Trinajstić information content (AvgIpc) is 2.39. The smallest absolute Gasteiger partial charge is 0.0229 e. The molecule has 1 aliphatic heterocycles. The molecule has 0 aliphatic carbocycles. The van der Waals surface area contributed by atoms with Crippen LogP contribution in [0.15, 0.2) is 0 Å². The summed E-state index contributed by atoms with van der Waals surface area (Å²) in [5.74, 6) is 0.894. The molecule has 2 atom stereocenters. The molecule has 14 heavy (non-hydrogen) atoms. The fraction of sp³-hybridized carbons (Fsp3) is 1.00. The van der Waals surface area contributed by atoms with E-state index in [4.69, 9.17) is 5.73 Å². The first-order valence-corrected chi connectivity index (χ1v) is 6.45. The van der Waals surface area contributed by atoms with Crippen molar-refractivity contribution in [3.05, 3.63) is 0 Å². The van der Waals surface area contributed by atoms with Gasteiger partial charge < -0.3 is 15.2 Å². The molecule has 0 bridgehead atoms. The third kappa shape index (κ3) is 4.50. The van der Waals surface area contributed by atoms with Gasteiger partial charge in [0.25, 0.3) is 0 Å². The summed E-state index contributed by atoms with van der Waals surface area (Å²) in [6, 6.07) is 0. The minimum absolute atomic E-state index is 0.257. The van der Waals surface area contributed by atoms with E-state index in [2.05, 4.69) is 4.90 Å². The van der Waals surface area contributed by atoms with Gasteiger partial charge in [0.15, 0.2) is 0 Å². The standard InChI is InChI=1S/C9H20N2O2S/c10-8-9-2-1-4-11(5-3-9)6-7-14(12)13/h9H,1-8,10H2,(H,12,13)/p-1. The van der Waals surface area contributed by atoms with Gasteiger partial charge in [0, 0.05) is 12.3 Å². The van der Waals surface area contributed by atoms with Crippen LogP contribution in [0.4, 0.5) is 0 Å². The van der Waals surface area contributed by atoms with Crippen molar-refractivity contribution in [1.82, 2.24) is 4.90 Å². The number of nitrogens with zero attached hydrogens (tertiary/aromatic N) is 1. The highest BCUT2D eigenvalue weighted by Crippen LogP contribution is 2.15.